The highest BCUT2D eigenvalue weighted by molar-refractivity contribution is 5.83. The number of hydrogen-bond acceptors (Lipinski definition) is 5. The van der Waals surface area contributed by atoms with Crippen LogP contribution in [0.2, 0.25) is 0 Å². The molecule has 0 amide bonds. The fourth-order valence-corrected chi connectivity index (χ4v) is 4.94. The zero-order valence-electron chi connectivity index (χ0n) is 15.2. The molecule has 1 aromatic heterocycles. The second-order valence-corrected chi connectivity index (χ2v) is 7.93. The molecular formula is C21H24N2O4. The second kappa shape index (κ2) is 6.68. The lowest BCUT2D eigenvalue weighted by Gasteiger charge is -2.54. The molecule has 2 saturated carbocycles. The van der Waals surface area contributed by atoms with Crippen LogP contribution in [0, 0.1) is 17.8 Å². The van der Waals surface area contributed by atoms with E-state index < -0.39 is 0 Å². The fourth-order valence-electron chi connectivity index (χ4n) is 4.94. The third-order valence-corrected chi connectivity index (χ3v) is 6.46. The van der Waals surface area contributed by atoms with E-state index >= 15 is 0 Å². The number of phenols is 1. The predicted molar refractivity (Wildman–Crippen MR) is 98.1 cm³/mol. The molecule has 27 heavy (non-hydrogen) atoms. The molecule has 142 valence electrons. The second-order valence-electron chi connectivity index (χ2n) is 7.93. The predicted octanol–water partition coefficient (Wildman–Crippen LogP) is 3.18. The van der Waals surface area contributed by atoms with Crippen LogP contribution < -0.4 is 4.74 Å². The molecule has 1 saturated heterocycles. The van der Waals surface area contributed by atoms with Crippen LogP contribution in [0.1, 0.15) is 47.3 Å². The first-order valence-electron chi connectivity index (χ1n) is 9.79. The first kappa shape index (κ1) is 16.8. The molecule has 6 nitrogen and oxygen atoms in total. The number of aromatic nitrogens is 2. The number of rotatable bonds is 6. The molecule has 0 spiro atoms. The Morgan fingerprint density at radius 2 is 2.15 bits per heavy atom. The van der Waals surface area contributed by atoms with E-state index in [0.717, 1.165) is 19.6 Å². The maximum Gasteiger partial charge on any atom is 0.157 e. The van der Waals surface area contributed by atoms with Crippen LogP contribution in [-0.4, -0.2) is 41.0 Å². The summed E-state index contributed by atoms with van der Waals surface area (Å²) in [5, 5.41) is 14.5. The van der Waals surface area contributed by atoms with E-state index in [4.69, 9.17) is 9.47 Å². The molecule has 4 atom stereocenters. The molecular weight excluding hydrogens is 344 g/mol. The number of benzene rings is 1. The Morgan fingerprint density at radius 3 is 2.96 bits per heavy atom. The van der Waals surface area contributed by atoms with Gasteiger partial charge < -0.3 is 14.6 Å². The Hall–Kier alpha value is -2.34. The van der Waals surface area contributed by atoms with Crippen molar-refractivity contribution in [3.63, 3.8) is 0 Å². The summed E-state index contributed by atoms with van der Waals surface area (Å²) in [6.07, 6.45) is 6.07. The Balaban J connectivity index is 1.39. The van der Waals surface area contributed by atoms with Crippen LogP contribution in [-0.2, 0) is 4.74 Å². The summed E-state index contributed by atoms with van der Waals surface area (Å²) >= 11 is 0. The Bertz CT molecular complexity index is 844. The summed E-state index contributed by atoms with van der Waals surface area (Å²) < 4.78 is 14.0. The van der Waals surface area contributed by atoms with Gasteiger partial charge in [0.05, 0.1) is 24.8 Å². The van der Waals surface area contributed by atoms with Gasteiger partial charge in [-0.1, -0.05) is 6.07 Å². The Morgan fingerprint density at radius 1 is 1.26 bits per heavy atom. The van der Waals surface area contributed by atoms with Gasteiger partial charge in [-0.15, -0.1) is 0 Å². The summed E-state index contributed by atoms with van der Waals surface area (Å²) in [7, 11) is 0. The summed E-state index contributed by atoms with van der Waals surface area (Å²) in [6, 6.07) is 7.66. The smallest absolute Gasteiger partial charge is 0.157 e. The fraction of sp³-hybridized carbons (Fsp3) is 0.524. The number of carbonyl (C=O) groups is 1. The van der Waals surface area contributed by atoms with Crippen LogP contribution in [0.4, 0.5) is 0 Å². The molecule has 4 unspecified atom stereocenters. The van der Waals surface area contributed by atoms with Gasteiger partial charge in [0.25, 0.3) is 0 Å². The highest BCUT2D eigenvalue weighted by atomic mass is 16.5. The maximum atomic E-state index is 11.3. The van der Waals surface area contributed by atoms with Gasteiger partial charge in [-0.2, -0.15) is 5.10 Å². The molecule has 5 rings (SSSR count). The minimum atomic E-state index is -0.0432. The van der Waals surface area contributed by atoms with Crippen molar-refractivity contribution in [1.82, 2.24) is 9.78 Å². The minimum absolute atomic E-state index is 0.0432. The number of hydrogen-bond donors (Lipinski definition) is 1. The van der Waals surface area contributed by atoms with Gasteiger partial charge in [0.2, 0.25) is 0 Å². The third-order valence-electron chi connectivity index (χ3n) is 6.46. The molecule has 1 aliphatic heterocycles. The molecule has 2 heterocycles. The number of fused-ring (bicyclic) bond motifs is 1. The van der Waals surface area contributed by atoms with Gasteiger partial charge in [-0.25, -0.2) is 0 Å². The normalized spacial score (nSPS) is 29.6. The molecule has 2 aliphatic carbocycles. The summed E-state index contributed by atoms with van der Waals surface area (Å²) in [4.78, 5) is 11.3. The highest BCUT2D eigenvalue weighted by Crippen LogP contribution is 2.56. The zero-order chi connectivity index (χ0) is 18.4. The van der Waals surface area contributed by atoms with E-state index in [1.54, 1.807) is 12.1 Å². The molecule has 0 radical (unpaired) electrons. The van der Waals surface area contributed by atoms with Gasteiger partial charge in [0.15, 0.2) is 6.29 Å². The van der Waals surface area contributed by atoms with Crippen molar-refractivity contribution in [1.29, 1.82) is 0 Å². The van der Waals surface area contributed by atoms with Crippen molar-refractivity contribution < 1.29 is 19.4 Å². The van der Waals surface area contributed by atoms with Crippen LogP contribution in [0.5, 0.6) is 11.5 Å². The lowest BCUT2D eigenvalue weighted by Crippen LogP contribution is -2.53. The SMILES string of the molecule is O=Cc1c(O)cccc1OCC1C2COCCC2C1c1ccnn1C1CC1. The maximum absolute atomic E-state index is 11.3. The average Bonchev–Trinajstić information content (AvgIpc) is 3.41. The molecule has 0 bridgehead atoms. The quantitative estimate of drug-likeness (QED) is 0.793. The van der Waals surface area contributed by atoms with Crippen LogP contribution in [0.15, 0.2) is 30.5 Å². The van der Waals surface area contributed by atoms with Crippen molar-refractivity contribution in [2.45, 2.75) is 31.2 Å². The van der Waals surface area contributed by atoms with Crippen molar-refractivity contribution >= 4 is 6.29 Å². The zero-order valence-corrected chi connectivity index (χ0v) is 15.2. The summed E-state index contributed by atoms with van der Waals surface area (Å²) in [6.45, 7) is 2.10. The largest absolute Gasteiger partial charge is 0.507 e. The van der Waals surface area contributed by atoms with Crippen molar-refractivity contribution in [2.24, 2.45) is 17.8 Å². The Labute approximate surface area is 158 Å². The van der Waals surface area contributed by atoms with E-state index in [2.05, 4.69) is 15.8 Å². The number of phenolic OH excluding ortho intramolecular Hbond substituents is 1. The third kappa shape index (κ3) is 2.83. The summed E-state index contributed by atoms with van der Waals surface area (Å²) in [5.74, 6) is 2.22. The number of ether oxygens (including phenoxy) is 2. The topological polar surface area (TPSA) is 73.6 Å². The molecule has 6 heteroatoms. The van der Waals surface area contributed by atoms with E-state index in [0.29, 0.717) is 48.4 Å². The van der Waals surface area contributed by atoms with Crippen LogP contribution in [0.25, 0.3) is 0 Å². The first-order valence-corrected chi connectivity index (χ1v) is 9.79. The van der Waals surface area contributed by atoms with Gasteiger partial charge in [-0.3, -0.25) is 9.48 Å². The van der Waals surface area contributed by atoms with Crippen LogP contribution >= 0.6 is 0 Å². The van der Waals surface area contributed by atoms with E-state index in [-0.39, 0.29) is 11.3 Å². The average molecular weight is 368 g/mol. The minimum Gasteiger partial charge on any atom is -0.507 e. The van der Waals surface area contributed by atoms with E-state index in [1.807, 2.05) is 6.20 Å². The van der Waals surface area contributed by atoms with Gasteiger partial charge in [0.1, 0.15) is 11.5 Å². The van der Waals surface area contributed by atoms with Gasteiger partial charge >= 0.3 is 0 Å². The molecule has 1 aromatic carbocycles. The van der Waals surface area contributed by atoms with Crippen molar-refractivity contribution in [2.75, 3.05) is 19.8 Å². The molecule has 2 aromatic rings. The number of aldehydes is 1. The number of carbonyl (C=O) groups excluding carboxylic acids is 1. The lowest BCUT2D eigenvalue weighted by atomic mass is 9.54. The lowest BCUT2D eigenvalue weighted by molar-refractivity contribution is -0.107. The van der Waals surface area contributed by atoms with Gasteiger partial charge in [0, 0.05) is 30.3 Å². The Kier molecular flexibility index (Phi) is 4.16. The van der Waals surface area contributed by atoms with E-state index in [9.17, 15) is 9.90 Å². The van der Waals surface area contributed by atoms with E-state index in [1.165, 1.54) is 24.6 Å². The molecule has 1 N–H and O–H groups in total. The van der Waals surface area contributed by atoms with Crippen molar-refractivity contribution in [3.8, 4) is 11.5 Å². The first-order chi connectivity index (χ1) is 13.3. The summed E-state index contributed by atoms with van der Waals surface area (Å²) in [5.41, 5.74) is 1.54. The van der Waals surface area contributed by atoms with Crippen molar-refractivity contribution in [3.05, 3.63) is 41.7 Å². The highest BCUT2D eigenvalue weighted by Gasteiger charge is 2.53. The molecule has 3 fully saturated rings. The van der Waals surface area contributed by atoms with Crippen LogP contribution in [0.3, 0.4) is 0 Å². The van der Waals surface area contributed by atoms with Gasteiger partial charge in [-0.05, 0) is 49.3 Å². The molecule has 3 aliphatic rings. The number of nitrogens with zero attached hydrogens (tertiary/aromatic N) is 2. The monoisotopic (exact) mass is 368 g/mol. The standard InChI is InChI=1S/C21H24N2O4/c24-10-15-19(25)2-1-3-20(15)27-12-17-16-11-26-9-7-14(16)21(17)18-6-8-22-23(18)13-4-5-13/h1-3,6,8,10,13-14,16-17,21,25H,4-5,7,9,11-12H2. The number of aromatic hydroxyl groups is 1.